The fraction of sp³-hybridized carbons (Fsp3) is 0.308. The van der Waals surface area contributed by atoms with Crippen molar-refractivity contribution in [2.75, 3.05) is 47.2 Å². The van der Waals surface area contributed by atoms with Crippen molar-refractivity contribution in [1.82, 2.24) is 15.6 Å². The minimum Gasteiger partial charge on any atom is -0.399 e. The van der Waals surface area contributed by atoms with Crippen LogP contribution in [0.3, 0.4) is 0 Å². The molecule has 2 aromatic heterocycles. The highest BCUT2D eigenvalue weighted by Gasteiger charge is 2.20. The van der Waals surface area contributed by atoms with Crippen molar-refractivity contribution in [3.63, 3.8) is 0 Å². The number of aromatic nitrogens is 2. The highest BCUT2D eigenvalue weighted by atomic mass is 32.2. The zero-order valence-electron chi connectivity index (χ0n) is 24.2. The normalized spacial score (nSPS) is 11.1. The molecule has 0 saturated heterocycles. The van der Waals surface area contributed by atoms with Gasteiger partial charge in [0.25, 0.3) is 20.0 Å². The second-order valence-electron chi connectivity index (χ2n) is 8.99. The van der Waals surface area contributed by atoms with Crippen molar-refractivity contribution < 1.29 is 36.1 Å². The van der Waals surface area contributed by atoms with Crippen LogP contribution < -0.4 is 26.2 Å². The van der Waals surface area contributed by atoms with Gasteiger partial charge in [0.05, 0.1) is 34.4 Å². The molecule has 0 atom stereocenters. The van der Waals surface area contributed by atoms with Crippen LogP contribution in [0.15, 0.2) is 67.4 Å². The van der Waals surface area contributed by atoms with Crippen molar-refractivity contribution in [2.45, 2.75) is 37.5 Å². The second kappa shape index (κ2) is 15.9. The lowest BCUT2D eigenvalue weighted by atomic mass is 10.3. The van der Waals surface area contributed by atoms with Gasteiger partial charge in [0.2, 0.25) is 11.8 Å². The Morgan fingerprint density at radius 2 is 0.977 bits per heavy atom. The van der Waals surface area contributed by atoms with Crippen LogP contribution in [0.5, 0.6) is 0 Å². The summed E-state index contributed by atoms with van der Waals surface area (Å²) in [6, 6.07) is 11.8. The van der Waals surface area contributed by atoms with Crippen LogP contribution in [0.2, 0.25) is 0 Å². The average Bonchev–Trinajstić information content (AvgIpc) is 3.44. The first kappa shape index (κ1) is 35.0. The molecule has 4 aromatic rings. The van der Waals surface area contributed by atoms with Crippen molar-refractivity contribution >= 4 is 43.2 Å². The molecule has 0 fully saturated rings. The third-order valence-corrected chi connectivity index (χ3v) is 8.42. The zero-order chi connectivity index (χ0) is 32.2. The number of sulfonamides is 2. The monoisotopic (exact) mass is 639 g/mol. The maximum atomic E-state index is 12.0. The first-order chi connectivity index (χ1) is 20.2. The Morgan fingerprint density at radius 3 is 1.23 bits per heavy atom. The molecule has 2 heterocycles. The summed E-state index contributed by atoms with van der Waals surface area (Å²) in [5, 5.41) is 26.5. The number of anilines is 4. The van der Waals surface area contributed by atoms with Gasteiger partial charge in [-0.15, -0.1) is 0 Å². The number of aliphatic hydroxyl groups is 2. The van der Waals surface area contributed by atoms with Gasteiger partial charge < -0.3 is 36.0 Å². The molecular formula is C26H37N7O8S2. The van der Waals surface area contributed by atoms with Crippen LogP contribution in [-0.2, 0) is 20.0 Å². The van der Waals surface area contributed by atoms with E-state index in [-0.39, 0.29) is 34.8 Å². The van der Waals surface area contributed by atoms with Gasteiger partial charge in [-0.2, -0.15) is 0 Å². The molecule has 0 bridgehead atoms. The standard InChI is InChI=1S/2C11H13N3O3S.C4H11NO2/c2*1-7-8(2)13-17-11(7)14-18(15,16)10-5-3-9(12)4-6-10;6-3-1-5-2-4-7/h2*3-6,14H,12H2,1-2H3;5-7H,1-4H2. The lowest BCUT2D eigenvalue weighted by molar-refractivity contribution is 0.266. The molecule has 15 nitrogen and oxygen atoms in total. The van der Waals surface area contributed by atoms with Crippen LogP contribution in [0.4, 0.5) is 23.1 Å². The summed E-state index contributed by atoms with van der Waals surface area (Å²) in [4.78, 5) is 0.232. The minimum absolute atomic E-state index is 0.116. The van der Waals surface area contributed by atoms with Gasteiger partial charge in [0.15, 0.2) is 0 Å². The van der Waals surface area contributed by atoms with Crippen LogP contribution in [0.1, 0.15) is 22.5 Å². The van der Waals surface area contributed by atoms with Gasteiger partial charge in [-0.25, -0.2) is 26.3 Å². The lowest BCUT2D eigenvalue weighted by Gasteiger charge is -2.05. The SMILES string of the molecule is Cc1noc(NS(=O)(=O)c2ccc(N)cc2)c1C.Cc1noc(NS(=O)(=O)c2ccc(N)cc2)c1C.OCCNCCO. The zero-order valence-corrected chi connectivity index (χ0v) is 25.8. The molecule has 0 spiro atoms. The number of nitrogens with zero attached hydrogens (tertiary/aromatic N) is 2. The third-order valence-electron chi connectivity index (χ3n) is 5.73. The summed E-state index contributed by atoms with van der Waals surface area (Å²) in [7, 11) is -7.36. The van der Waals surface area contributed by atoms with E-state index in [1.54, 1.807) is 27.7 Å². The molecule has 0 aliphatic carbocycles. The van der Waals surface area contributed by atoms with E-state index >= 15 is 0 Å². The number of hydrogen-bond donors (Lipinski definition) is 7. The summed E-state index contributed by atoms with van der Waals surface area (Å²) in [6.45, 7) is 8.35. The fourth-order valence-electron chi connectivity index (χ4n) is 2.96. The summed E-state index contributed by atoms with van der Waals surface area (Å²) < 4.78 is 62.7. The van der Waals surface area contributed by atoms with E-state index in [0.717, 1.165) is 0 Å². The van der Waals surface area contributed by atoms with Crippen LogP contribution in [-0.4, -0.2) is 63.7 Å². The number of rotatable bonds is 10. The summed E-state index contributed by atoms with van der Waals surface area (Å²) in [5.74, 6) is 0.258. The molecule has 0 aliphatic heterocycles. The molecule has 0 saturated carbocycles. The maximum Gasteiger partial charge on any atom is 0.264 e. The van der Waals surface area contributed by atoms with E-state index in [4.69, 9.17) is 30.7 Å². The molecule has 236 valence electrons. The molecule has 2 aromatic carbocycles. The smallest absolute Gasteiger partial charge is 0.264 e. The van der Waals surface area contributed by atoms with E-state index in [9.17, 15) is 16.8 Å². The fourth-order valence-corrected chi connectivity index (χ4v) is 5.05. The van der Waals surface area contributed by atoms with Crippen LogP contribution >= 0.6 is 0 Å². The highest BCUT2D eigenvalue weighted by Crippen LogP contribution is 2.23. The first-order valence-electron chi connectivity index (χ1n) is 12.8. The predicted octanol–water partition coefficient (Wildman–Crippen LogP) is 1.91. The first-order valence-corrected chi connectivity index (χ1v) is 15.7. The molecule has 0 radical (unpaired) electrons. The number of aliphatic hydroxyl groups excluding tert-OH is 2. The van der Waals surface area contributed by atoms with E-state index in [1.165, 1.54) is 48.5 Å². The third kappa shape index (κ3) is 10.6. The van der Waals surface area contributed by atoms with E-state index in [0.29, 0.717) is 47.0 Å². The number of benzene rings is 2. The number of hydrogen-bond acceptors (Lipinski definition) is 13. The highest BCUT2D eigenvalue weighted by molar-refractivity contribution is 7.93. The number of nitrogens with two attached hydrogens (primary N) is 2. The second-order valence-corrected chi connectivity index (χ2v) is 12.4. The van der Waals surface area contributed by atoms with Crippen molar-refractivity contribution in [3.05, 3.63) is 71.0 Å². The van der Waals surface area contributed by atoms with Gasteiger partial charge in [-0.1, -0.05) is 10.3 Å². The Kier molecular flexibility index (Phi) is 13.0. The number of nitrogens with one attached hydrogen (secondary N) is 3. The predicted molar refractivity (Wildman–Crippen MR) is 162 cm³/mol. The van der Waals surface area contributed by atoms with Gasteiger partial charge in [0, 0.05) is 35.6 Å². The topological polar surface area (TPSA) is 249 Å². The van der Waals surface area contributed by atoms with Gasteiger partial charge in [0.1, 0.15) is 0 Å². The molecule has 0 amide bonds. The van der Waals surface area contributed by atoms with Crippen molar-refractivity contribution in [1.29, 1.82) is 0 Å². The average molecular weight is 640 g/mol. The minimum atomic E-state index is -3.68. The van der Waals surface area contributed by atoms with Crippen LogP contribution in [0.25, 0.3) is 0 Å². The number of nitrogen functional groups attached to an aromatic ring is 2. The molecule has 0 aliphatic rings. The van der Waals surface area contributed by atoms with E-state index in [1.807, 2.05) is 0 Å². The maximum absolute atomic E-state index is 12.0. The molecule has 17 heteroatoms. The quantitative estimate of drug-likeness (QED) is 0.0968. The molecule has 0 unspecified atom stereocenters. The molecule has 43 heavy (non-hydrogen) atoms. The number of aryl methyl sites for hydroxylation is 2. The van der Waals surface area contributed by atoms with Gasteiger partial charge in [-0.05, 0) is 76.2 Å². The van der Waals surface area contributed by atoms with E-state index < -0.39 is 20.0 Å². The molecule has 9 N–H and O–H groups in total. The summed E-state index contributed by atoms with van der Waals surface area (Å²) >= 11 is 0. The summed E-state index contributed by atoms with van der Waals surface area (Å²) in [6.07, 6.45) is 0. The van der Waals surface area contributed by atoms with Gasteiger partial charge >= 0.3 is 0 Å². The van der Waals surface area contributed by atoms with E-state index in [2.05, 4.69) is 25.1 Å². The largest absolute Gasteiger partial charge is 0.399 e. The Bertz CT molecular complexity index is 1530. The summed E-state index contributed by atoms with van der Waals surface area (Å²) in [5.41, 5.74) is 14.6. The molecule has 4 rings (SSSR count). The van der Waals surface area contributed by atoms with Gasteiger partial charge in [-0.3, -0.25) is 0 Å². The Morgan fingerprint density at radius 1 is 0.651 bits per heavy atom. The Labute approximate surface area is 250 Å². The Balaban J connectivity index is 0.000000247. The van der Waals surface area contributed by atoms with Crippen molar-refractivity contribution in [3.8, 4) is 0 Å². The van der Waals surface area contributed by atoms with Crippen molar-refractivity contribution in [2.24, 2.45) is 0 Å². The molecular weight excluding hydrogens is 602 g/mol. The lowest BCUT2D eigenvalue weighted by Crippen LogP contribution is -2.21. The van der Waals surface area contributed by atoms with Crippen LogP contribution in [0, 0.1) is 27.7 Å². The Hall–Kier alpha value is -4.16.